The fourth-order valence-electron chi connectivity index (χ4n) is 2.85. The van der Waals surface area contributed by atoms with E-state index in [9.17, 15) is 8.42 Å². The quantitative estimate of drug-likeness (QED) is 0.698. The molecule has 1 aliphatic rings. The standard InChI is InChI=1S/C19H26N4O4S/c1-14-4-5-17(12-15(14)2)28(24,25)20-6-9-27-19-13-18(21-16(3)22-19)23-7-10-26-11-8-23/h4-5,12-13,20H,6-11H2,1-3H3. The number of ether oxygens (including phenoxy) is 2. The number of aromatic nitrogens is 2. The van der Waals surface area contributed by atoms with Gasteiger partial charge >= 0.3 is 0 Å². The molecule has 152 valence electrons. The fraction of sp³-hybridized carbons (Fsp3) is 0.474. The van der Waals surface area contributed by atoms with Crippen LogP contribution in [0, 0.1) is 20.8 Å². The summed E-state index contributed by atoms with van der Waals surface area (Å²) in [5, 5.41) is 0. The maximum Gasteiger partial charge on any atom is 0.240 e. The van der Waals surface area contributed by atoms with E-state index in [2.05, 4.69) is 19.6 Å². The number of rotatable bonds is 7. The second kappa shape index (κ2) is 8.85. The maximum atomic E-state index is 12.4. The molecule has 0 atom stereocenters. The molecule has 28 heavy (non-hydrogen) atoms. The van der Waals surface area contributed by atoms with Gasteiger partial charge in [0.25, 0.3) is 0 Å². The number of hydrogen-bond donors (Lipinski definition) is 1. The Labute approximate surface area is 166 Å². The number of benzene rings is 1. The zero-order valence-corrected chi connectivity index (χ0v) is 17.3. The van der Waals surface area contributed by atoms with Crippen LogP contribution >= 0.6 is 0 Å². The summed E-state index contributed by atoms with van der Waals surface area (Å²) in [6.07, 6.45) is 0. The molecule has 3 rings (SSSR count). The number of sulfonamides is 1. The van der Waals surface area contributed by atoms with Crippen LogP contribution in [0.25, 0.3) is 0 Å². The minimum Gasteiger partial charge on any atom is -0.476 e. The molecule has 0 bridgehead atoms. The monoisotopic (exact) mass is 406 g/mol. The fourth-order valence-corrected chi connectivity index (χ4v) is 3.95. The summed E-state index contributed by atoms with van der Waals surface area (Å²) in [5.74, 6) is 1.83. The molecule has 9 heteroatoms. The molecular formula is C19H26N4O4S. The number of anilines is 1. The number of hydrogen-bond acceptors (Lipinski definition) is 7. The smallest absolute Gasteiger partial charge is 0.240 e. The molecule has 8 nitrogen and oxygen atoms in total. The van der Waals surface area contributed by atoms with Crippen molar-refractivity contribution in [2.45, 2.75) is 25.7 Å². The van der Waals surface area contributed by atoms with E-state index in [1.54, 1.807) is 31.2 Å². The van der Waals surface area contributed by atoms with Gasteiger partial charge in [-0.15, -0.1) is 0 Å². The van der Waals surface area contributed by atoms with Gasteiger partial charge < -0.3 is 14.4 Å². The third kappa shape index (κ3) is 5.18. The summed E-state index contributed by atoms with van der Waals surface area (Å²) in [6, 6.07) is 6.85. The molecule has 1 saturated heterocycles. The molecule has 1 aliphatic heterocycles. The minimum absolute atomic E-state index is 0.144. The summed E-state index contributed by atoms with van der Waals surface area (Å²) in [6.45, 7) is 8.83. The number of nitrogens with one attached hydrogen (secondary N) is 1. The maximum absolute atomic E-state index is 12.4. The van der Waals surface area contributed by atoms with Crippen LogP contribution < -0.4 is 14.4 Å². The molecule has 2 heterocycles. The summed E-state index contributed by atoms with van der Waals surface area (Å²) in [7, 11) is -3.57. The Morgan fingerprint density at radius 2 is 1.86 bits per heavy atom. The van der Waals surface area contributed by atoms with Crippen molar-refractivity contribution in [3.8, 4) is 5.88 Å². The van der Waals surface area contributed by atoms with Crippen molar-refractivity contribution >= 4 is 15.8 Å². The van der Waals surface area contributed by atoms with Crippen LogP contribution in [0.2, 0.25) is 0 Å². The zero-order valence-electron chi connectivity index (χ0n) is 16.4. The van der Waals surface area contributed by atoms with Gasteiger partial charge in [-0.3, -0.25) is 0 Å². The van der Waals surface area contributed by atoms with E-state index in [0.29, 0.717) is 24.9 Å². The van der Waals surface area contributed by atoms with Crippen LogP contribution in [0.1, 0.15) is 17.0 Å². The second-order valence-electron chi connectivity index (χ2n) is 6.70. The third-order valence-electron chi connectivity index (χ3n) is 4.57. The molecule has 0 spiro atoms. The molecule has 0 amide bonds. The predicted molar refractivity (Wildman–Crippen MR) is 106 cm³/mol. The Morgan fingerprint density at radius 1 is 1.11 bits per heavy atom. The van der Waals surface area contributed by atoms with Crippen molar-refractivity contribution in [1.82, 2.24) is 14.7 Å². The normalized spacial score (nSPS) is 14.9. The lowest BCUT2D eigenvalue weighted by atomic mass is 10.1. The summed E-state index contributed by atoms with van der Waals surface area (Å²) < 4.78 is 38.4. The molecule has 1 aromatic heterocycles. The van der Waals surface area contributed by atoms with E-state index < -0.39 is 10.0 Å². The highest BCUT2D eigenvalue weighted by molar-refractivity contribution is 7.89. The topological polar surface area (TPSA) is 93.6 Å². The Balaban J connectivity index is 1.57. The van der Waals surface area contributed by atoms with Crippen molar-refractivity contribution in [1.29, 1.82) is 0 Å². The van der Waals surface area contributed by atoms with E-state index in [4.69, 9.17) is 9.47 Å². The Morgan fingerprint density at radius 3 is 2.57 bits per heavy atom. The van der Waals surface area contributed by atoms with E-state index >= 15 is 0 Å². The van der Waals surface area contributed by atoms with Gasteiger partial charge in [-0.1, -0.05) is 6.07 Å². The van der Waals surface area contributed by atoms with Crippen molar-refractivity contribution in [3.05, 3.63) is 41.2 Å². The number of morpholine rings is 1. The van der Waals surface area contributed by atoms with Crippen LogP contribution in [-0.2, 0) is 14.8 Å². The van der Waals surface area contributed by atoms with Crippen LogP contribution in [0.3, 0.4) is 0 Å². The average molecular weight is 407 g/mol. The lowest BCUT2D eigenvalue weighted by molar-refractivity contribution is 0.122. The van der Waals surface area contributed by atoms with Crippen LogP contribution in [0.5, 0.6) is 5.88 Å². The van der Waals surface area contributed by atoms with Gasteiger partial charge in [-0.25, -0.2) is 18.1 Å². The summed E-state index contributed by atoms with van der Waals surface area (Å²) in [5.41, 5.74) is 1.99. The lowest BCUT2D eigenvalue weighted by Gasteiger charge is -2.28. The second-order valence-corrected chi connectivity index (χ2v) is 8.47. The summed E-state index contributed by atoms with van der Waals surface area (Å²) in [4.78, 5) is 11.1. The van der Waals surface area contributed by atoms with Gasteiger partial charge in [-0.2, -0.15) is 4.98 Å². The molecule has 0 radical (unpaired) electrons. The molecule has 0 aliphatic carbocycles. The van der Waals surface area contributed by atoms with E-state index in [0.717, 1.165) is 30.0 Å². The van der Waals surface area contributed by atoms with E-state index in [1.807, 2.05) is 13.8 Å². The van der Waals surface area contributed by atoms with E-state index in [-0.39, 0.29) is 18.0 Å². The van der Waals surface area contributed by atoms with Crippen molar-refractivity contribution in [2.24, 2.45) is 0 Å². The molecule has 2 aromatic rings. The average Bonchev–Trinajstić information content (AvgIpc) is 2.67. The first-order chi connectivity index (χ1) is 13.3. The van der Waals surface area contributed by atoms with Gasteiger partial charge in [0.2, 0.25) is 15.9 Å². The molecule has 1 N–H and O–H groups in total. The summed E-state index contributed by atoms with van der Waals surface area (Å²) >= 11 is 0. The van der Waals surface area contributed by atoms with Gasteiger partial charge in [0.15, 0.2) is 0 Å². The van der Waals surface area contributed by atoms with Crippen molar-refractivity contribution in [2.75, 3.05) is 44.4 Å². The number of aryl methyl sites for hydroxylation is 3. The highest BCUT2D eigenvalue weighted by Gasteiger charge is 2.16. The highest BCUT2D eigenvalue weighted by Crippen LogP contribution is 2.19. The van der Waals surface area contributed by atoms with E-state index in [1.165, 1.54) is 0 Å². The van der Waals surface area contributed by atoms with Gasteiger partial charge in [-0.05, 0) is 44.0 Å². The molecule has 1 aromatic carbocycles. The SMILES string of the molecule is Cc1nc(OCCNS(=O)(=O)c2ccc(C)c(C)c2)cc(N2CCOCC2)n1. The van der Waals surface area contributed by atoms with Crippen LogP contribution in [0.4, 0.5) is 5.82 Å². The van der Waals surface area contributed by atoms with Crippen LogP contribution in [-0.4, -0.2) is 57.8 Å². The zero-order chi connectivity index (χ0) is 20.1. The third-order valence-corrected chi connectivity index (χ3v) is 6.03. The van der Waals surface area contributed by atoms with Crippen molar-refractivity contribution < 1.29 is 17.9 Å². The molecule has 1 fully saturated rings. The molecular weight excluding hydrogens is 380 g/mol. The Bertz CT molecular complexity index is 928. The first-order valence-electron chi connectivity index (χ1n) is 9.23. The lowest BCUT2D eigenvalue weighted by Crippen LogP contribution is -2.37. The first kappa shape index (κ1) is 20.5. The Hall–Kier alpha value is -2.23. The highest BCUT2D eigenvalue weighted by atomic mass is 32.2. The van der Waals surface area contributed by atoms with Crippen molar-refractivity contribution in [3.63, 3.8) is 0 Å². The van der Waals surface area contributed by atoms with Gasteiger partial charge in [0, 0.05) is 25.7 Å². The Kier molecular flexibility index (Phi) is 6.48. The number of nitrogens with zero attached hydrogens (tertiary/aromatic N) is 3. The minimum atomic E-state index is -3.57. The largest absolute Gasteiger partial charge is 0.476 e. The van der Waals surface area contributed by atoms with Gasteiger partial charge in [0.05, 0.1) is 18.1 Å². The van der Waals surface area contributed by atoms with Gasteiger partial charge in [0.1, 0.15) is 18.2 Å². The first-order valence-corrected chi connectivity index (χ1v) is 10.7. The predicted octanol–water partition coefficient (Wildman–Crippen LogP) is 1.60. The molecule has 0 saturated carbocycles. The van der Waals surface area contributed by atoms with Crippen LogP contribution in [0.15, 0.2) is 29.2 Å². The molecule has 0 unspecified atom stereocenters.